The lowest BCUT2D eigenvalue weighted by molar-refractivity contribution is -0.117. The third-order valence-electron chi connectivity index (χ3n) is 7.93. The Balaban J connectivity index is 1.65. The number of ketones is 2. The number of piperidine rings is 1. The molecule has 202 valence electrons. The fourth-order valence-electron chi connectivity index (χ4n) is 5.76. The van der Waals surface area contributed by atoms with Gasteiger partial charge in [0.05, 0.1) is 5.69 Å². The van der Waals surface area contributed by atoms with Crippen molar-refractivity contribution in [3.8, 4) is 11.1 Å². The number of carbonyl (C=O) groups is 2. The molecule has 0 saturated carbocycles. The Hall–Kier alpha value is -3.09. The number of anilines is 1. The zero-order valence-electron chi connectivity index (χ0n) is 23.8. The molecule has 1 saturated heterocycles. The van der Waals surface area contributed by atoms with Crippen LogP contribution in [0.5, 0.6) is 0 Å². The topological polar surface area (TPSA) is 65.5 Å². The van der Waals surface area contributed by atoms with E-state index in [0.29, 0.717) is 18.9 Å². The van der Waals surface area contributed by atoms with Crippen molar-refractivity contribution in [2.75, 3.05) is 39.1 Å². The van der Waals surface area contributed by atoms with Crippen LogP contribution in [0.2, 0.25) is 0 Å². The minimum Gasteiger partial charge on any atom is -0.371 e. The fraction of sp³-hybridized carbons (Fsp3) is 0.469. The highest BCUT2D eigenvalue weighted by molar-refractivity contribution is 6.01. The van der Waals surface area contributed by atoms with Gasteiger partial charge in [0.15, 0.2) is 11.6 Å². The summed E-state index contributed by atoms with van der Waals surface area (Å²) in [6.07, 6.45) is 8.70. The third-order valence-corrected chi connectivity index (χ3v) is 7.93. The number of carbonyl (C=O) groups excluding carboxylic acids is 2. The molecule has 6 nitrogen and oxygen atoms in total. The van der Waals surface area contributed by atoms with Gasteiger partial charge < -0.3 is 15.1 Å². The third kappa shape index (κ3) is 6.48. The van der Waals surface area contributed by atoms with Crippen molar-refractivity contribution in [3.05, 3.63) is 70.6 Å². The highest BCUT2D eigenvalue weighted by Gasteiger charge is 2.26. The summed E-state index contributed by atoms with van der Waals surface area (Å²) in [6, 6.07) is 8.82. The second-order valence-electron chi connectivity index (χ2n) is 11.2. The van der Waals surface area contributed by atoms with Crippen LogP contribution in [0.25, 0.3) is 11.1 Å². The van der Waals surface area contributed by atoms with Gasteiger partial charge in [-0.3, -0.25) is 14.6 Å². The first-order valence-electron chi connectivity index (χ1n) is 13.8. The molecule has 0 radical (unpaired) electrons. The lowest BCUT2D eigenvalue weighted by Gasteiger charge is -2.35. The number of rotatable bonds is 9. The largest absolute Gasteiger partial charge is 0.371 e. The van der Waals surface area contributed by atoms with Gasteiger partial charge in [-0.15, -0.1) is 0 Å². The number of hydrogen-bond donors (Lipinski definition) is 1. The maximum absolute atomic E-state index is 13.7. The predicted molar refractivity (Wildman–Crippen MR) is 156 cm³/mol. The molecule has 2 heterocycles. The van der Waals surface area contributed by atoms with Gasteiger partial charge in [-0.1, -0.05) is 17.7 Å². The number of hydrogen-bond acceptors (Lipinski definition) is 6. The summed E-state index contributed by atoms with van der Waals surface area (Å²) in [5.41, 5.74) is 7.89. The monoisotopic (exact) mass is 514 g/mol. The molecule has 1 aromatic carbocycles. The number of Topliss-reactive ketones (excluding diaryl/α,β-unsaturated/α-hetero) is 1. The van der Waals surface area contributed by atoms with E-state index in [1.54, 1.807) is 6.08 Å². The molecule has 0 amide bonds. The quantitative estimate of drug-likeness (QED) is 0.455. The van der Waals surface area contributed by atoms with Crippen LogP contribution in [0.15, 0.2) is 53.8 Å². The molecule has 38 heavy (non-hydrogen) atoms. The van der Waals surface area contributed by atoms with E-state index in [1.807, 2.05) is 40.2 Å². The standard InChI is InChI=1S/C32H42N4O2/c1-21-15-22(2)28(32(38)16-21)9-10-31(37)29-17-25(24-7-8-26(34-19-24)20-35(4)5)18-30(23(29)3)36(6)27-11-13-33-14-12-27/h7-8,15-19,27-28,33H,9-14,20H2,1-6H3. The van der Waals surface area contributed by atoms with Crippen LogP contribution in [0.1, 0.15) is 61.1 Å². The van der Waals surface area contributed by atoms with Crippen molar-refractivity contribution in [1.29, 1.82) is 0 Å². The molecule has 0 spiro atoms. The van der Waals surface area contributed by atoms with E-state index >= 15 is 0 Å². The van der Waals surface area contributed by atoms with E-state index in [4.69, 9.17) is 0 Å². The lowest BCUT2D eigenvalue weighted by Crippen LogP contribution is -2.41. The fourth-order valence-corrected chi connectivity index (χ4v) is 5.76. The number of nitrogens with zero attached hydrogens (tertiary/aromatic N) is 3. The second kappa shape index (κ2) is 12.2. The number of allylic oxidation sites excluding steroid dienone is 4. The van der Waals surface area contributed by atoms with E-state index in [9.17, 15) is 9.59 Å². The van der Waals surface area contributed by atoms with Crippen molar-refractivity contribution in [2.24, 2.45) is 5.92 Å². The van der Waals surface area contributed by atoms with Gasteiger partial charge in [0, 0.05) is 55.0 Å². The predicted octanol–water partition coefficient (Wildman–Crippen LogP) is 5.36. The Labute approximate surface area is 227 Å². The van der Waals surface area contributed by atoms with Crippen LogP contribution in [0, 0.1) is 12.8 Å². The molecular formula is C32H42N4O2. The summed E-state index contributed by atoms with van der Waals surface area (Å²) in [6.45, 7) is 8.80. The molecule has 2 aromatic rings. The molecule has 4 rings (SSSR count). The Morgan fingerprint density at radius 3 is 2.39 bits per heavy atom. The van der Waals surface area contributed by atoms with Crippen LogP contribution < -0.4 is 10.2 Å². The summed E-state index contributed by atoms with van der Waals surface area (Å²) in [5.74, 6) is -0.0131. The SMILES string of the molecule is CC1=CC(=O)C(CCC(=O)c2cc(-c3ccc(CN(C)C)nc3)cc(N(C)C3CCNCC3)c2C)C(C)=C1. The smallest absolute Gasteiger partial charge is 0.163 e. The van der Waals surface area contributed by atoms with Gasteiger partial charge in [-0.05, 0) is 108 Å². The van der Waals surface area contributed by atoms with E-state index in [-0.39, 0.29) is 17.5 Å². The van der Waals surface area contributed by atoms with E-state index in [1.165, 1.54) is 0 Å². The molecule has 1 aliphatic heterocycles. The van der Waals surface area contributed by atoms with Gasteiger partial charge in [0.25, 0.3) is 0 Å². The van der Waals surface area contributed by atoms with Crippen molar-refractivity contribution in [1.82, 2.24) is 15.2 Å². The van der Waals surface area contributed by atoms with Crippen molar-refractivity contribution >= 4 is 17.3 Å². The Kier molecular flexibility index (Phi) is 8.95. The van der Waals surface area contributed by atoms with Crippen LogP contribution in [0.4, 0.5) is 5.69 Å². The van der Waals surface area contributed by atoms with Gasteiger partial charge in [0.1, 0.15) is 0 Å². The average molecular weight is 515 g/mol. The number of nitrogens with one attached hydrogen (secondary N) is 1. The Bertz CT molecular complexity index is 1240. The molecule has 1 fully saturated rings. The van der Waals surface area contributed by atoms with Gasteiger partial charge in [-0.2, -0.15) is 0 Å². The van der Waals surface area contributed by atoms with E-state index < -0.39 is 0 Å². The highest BCUT2D eigenvalue weighted by atomic mass is 16.1. The average Bonchev–Trinajstić information content (AvgIpc) is 2.88. The number of benzene rings is 1. The van der Waals surface area contributed by atoms with E-state index in [0.717, 1.165) is 77.3 Å². The zero-order chi connectivity index (χ0) is 27.4. The summed E-state index contributed by atoms with van der Waals surface area (Å²) < 4.78 is 0. The van der Waals surface area contributed by atoms with Crippen LogP contribution >= 0.6 is 0 Å². The molecule has 1 unspecified atom stereocenters. The summed E-state index contributed by atoms with van der Waals surface area (Å²) >= 11 is 0. The van der Waals surface area contributed by atoms with Gasteiger partial charge in [-0.25, -0.2) is 0 Å². The second-order valence-corrected chi connectivity index (χ2v) is 11.2. The molecular weight excluding hydrogens is 472 g/mol. The number of pyridine rings is 1. The Morgan fingerprint density at radius 1 is 1.03 bits per heavy atom. The summed E-state index contributed by atoms with van der Waals surface area (Å²) in [7, 11) is 6.22. The molecule has 1 aliphatic carbocycles. The first-order chi connectivity index (χ1) is 18.1. The maximum Gasteiger partial charge on any atom is 0.163 e. The van der Waals surface area contributed by atoms with Crippen LogP contribution in [0.3, 0.4) is 0 Å². The molecule has 1 aromatic heterocycles. The van der Waals surface area contributed by atoms with Gasteiger partial charge >= 0.3 is 0 Å². The maximum atomic E-state index is 13.7. The minimum absolute atomic E-state index is 0.0911. The van der Waals surface area contributed by atoms with Crippen molar-refractivity contribution in [3.63, 3.8) is 0 Å². The lowest BCUT2D eigenvalue weighted by atomic mass is 9.84. The molecule has 0 bridgehead atoms. The first kappa shape index (κ1) is 27.9. The molecule has 1 atom stereocenters. The van der Waals surface area contributed by atoms with Crippen molar-refractivity contribution in [2.45, 2.75) is 59.0 Å². The Morgan fingerprint density at radius 2 is 1.76 bits per heavy atom. The normalized spacial score (nSPS) is 18.4. The molecule has 2 aliphatic rings. The minimum atomic E-state index is -0.212. The van der Waals surface area contributed by atoms with Crippen molar-refractivity contribution < 1.29 is 9.59 Å². The van der Waals surface area contributed by atoms with Gasteiger partial charge in [0.2, 0.25) is 0 Å². The summed E-state index contributed by atoms with van der Waals surface area (Å²) in [5, 5.41) is 3.45. The molecule has 1 N–H and O–H groups in total. The first-order valence-corrected chi connectivity index (χ1v) is 13.8. The summed E-state index contributed by atoms with van der Waals surface area (Å²) in [4.78, 5) is 35.5. The zero-order valence-corrected chi connectivity index (χ0v) is 23.8. The van der Waals surface area contributed by atoms with Crippen LogP contribution in [-0.4, -0.2) is 61.7 Å². The molecule has 6 heteroatoms. The number of aromatic nitrogens is 1. The van der Waals surface area contributed by atoms with Crippen LogP contribution in [-0.2, 0) is 11.3 Å². The van der Waals surface area contributed by atoms with E-state index in [2.05, 4.69) is 58.3 Å². The highest BCUT2D eigenvalue weighted by Crippen LogP contribution is 2.34.